The number of aromatic carboxylic acids is 1. The van der Waals surface area contributed by atoms with E-state index in [1.165, 1.54) is 0 Å². The number of hydrogen-bond acceptors (Lipinski definition) is 2. The standard InChI is InChI=1S/C19H22O3/c1-4-7-14-12-15(10-11-17(14)19(20)21)16-8-5-6-9-18(16)22-13(2)3/h5-6,8-13H,4,7H2,1-3H3,(H,20,21). The van der Waals surface area contributed by atoms with E-state index >= 15 is 0 Å². The molecule has 0 fully saturated rings. The molecule has 0 saturated heterocycles. The van der Waals surface area contributed by atoms with Crippen LogP contribution in [0.4, 0.5) is 0 Å². The minimum atomic E-state index is -0.873. The van der Waals surface area contributed by atoms with Gasteiger partial charge in [0.05, 0.1) is 11.7 Å². The average molecular weight is 298 g/mol. The molecule has 0 atom stereocenters. The third-order valence-electron chi connectivity index (χ3n) is 3.42. The molecular weight excluding hydrogens is 276 g/mol. The molecule has 0 unspecified atom stereocenters. The Balaban J connectivity index is 2.49. The van der Waals surface area contributed by atoms with E-state index in [1.54, 1.807) is 6.07 Å². The van der Waals surface area contributed by atoms with Gasteiger partial charge >= 0.3 is 5.97 Å². The Morgan fingerprint density at radius 1 is 1.18 bits per heavy atom. The molecule has 3 heteroatoms. The molecule has 2 aromatic carbocycles. The minimum absolute atomic E-state index is 0.0922. The molecular formula is C19H22O3. The summed E-state index contributed by atoms with van der Waals surface area (Å²) in [5.74, 6) is -0.0512. The Hall–Kier alpha value is -2.29. The molecule has 0 bridgehead atoms. The molecule has 0 amide bonds. The predicted molar refractivity (Wildman–Crippen MR) is 88.6 cm³/mol. The first kappa shape index (κ1) is 16.1. The van der Waals surface area contributed by atoms with Gasteiger partial charge in [-0.05, 0) is 43.5 Å². The number of rotatable bonds is 6. The number of hydrogen-bond donors (Lipinski definition) is 1. The van der Waals surface area contributed by atoms with E-state index in [0.29, 0.717) is 5.56 Å². The number of ether oxygens (including phenoxy) is 1. The van der Waals surface area contributed by atoms with E-state index in [1.807, 2.05) is 57.2 Å². The van der Waals surface area contributed by atoms with Gasteiger partial charge in [-0.3, -0.25) is 0 Å². The summed E-state index contributed by atoms with van der Waals surface area (Å²) in [6.45, 7) is 6.04. The van der Waals surface area contributed by atoms with Gasteiger partial charge in [0.15, 0.2) is 0 Å². The van der Waals surface area contributed by atoms with Gasteiger partial charge in [-0.25, -0.2) is 4.79 Å². The molecule has 0 heterocycles. The molecule has 3 nitrogen and oxygen atoms in total. The Labute approximate surface area is 131 Å². The highest BCUT2D eigenvalue weighted by molar-refractivity contribution is 5.90. The number of carbonyl (C=O) groups is 1. The molecule has 0 spiro atoms. The van der Waals surface area contributed by atoms with E-state index in [9.17, 15) is 9.90 Å². The second-order valence-corrected chi connectivity index (χ2v) is 5.59. The van der Waals surface area contributed by atoms with Gasteiger partial charge in [0, 0.05) is 5.56 Å². The van der Waals surface area contributed by atoms with Crippen LogP contribution in [0.1, 0.15) is 43.1 Å². The molecule has 0 aliphatic heterocycles. The maximum Gasteiger partial charge on any atom is 0.335 e. The topological polar surface area (TPSA) is 46.5 Å². The molecule has 0 radical (unpaired) electrons. The normalized spacial score (nSPS) is 10.7. The summed E-state index contributed by atoms with van der Waals surface area (Å²) in [6.07, 6.45) is 1.76. The van der Waals surface area contributed by atoms with Crippen LogP contribution in [0.25, 0.3) is 11.1 Å². The summed E-state index contributed by atoms with van der Waals surface area (Å²) < 4.78 is 5.86. The summed E-state index contributed by atoms with van der Waals surface area (Å²) in [4.78, 5) is 11.3. The third-order valence-corrected chi connectivity index (χ3v) is 3.42. The molecule has 1 N–H and O–H groups in total. The molecule has 2 rings (SSSR count). The molecule has 0 aliphatic carbocycles. The van der Waals surface area contributed by atoms with Crippen LogP contribution in [0.3, 0.4) is 0 Å². The third kappa shape index (κ3) is 3.67. The van der Waals surface area contributed by atoms with Gasteiger partial charge in [0.25, 0.3) is 0 Å². The van der Waals surface area contributed by atoms with Crippen LogP contribution in [0.15, 0.2) is 42.5 Å². The van der Waals surface area contributed by atoms with Gasteiger partial charge < -0.3 is 9.84 Å². The number of carboxylic acid groups (broad SMARTS) is 1. The van der Waals surface area contributed by atoms with Gasteiger partial charge in [-0.15, -0.1) is 0 Å². The van der Waals surface area contributed by atoms with Gasteiger partial charge in [-0.2, -0.15) is 0 Å². The summed E-state index contributed by atoms with van der Waals surface area (Å²) in [7, 11) is 0. The number of aryl methyl sites for hydroxylation is 1. The van der Waals surface area contributed by atoms with Crippen molar-refractivity contribution in [3.63, 3.8) is 0 Å². The smallest absolute Gasteiger partial charge is 0.335 e. The van der Waals surface area contributed by atoms with Crippen LogP contribution in [-0.2, 0) is 6.42 Å². The van der Waals surface area contributed by atoms with Crippen LogP contribution in [0.2, 0.25) is 0 Å². The van der Waals surface area contributed by atoms with Crippen molar-refractivity contribution in [2.45, 2.75) is 39.7 Å². The number of benzene rings is 2. The first-order valence-electron chi connectivity index (χ1n) is 7.65. The van der Waals surface area contributed by atoms with E-state index in [0.717, 1.165) is 35.3 Å². The molecule has 2 aromatic rings. The fourth-order valence-corrected chi connectivity index (χ4v) is 2.51. The van der Waals surface area contributed by atoms with E-state index < -0.39 is 5.97 Å². The maximum absolute atomic E-state index is 11.3. The van der Waals surface area contributed by atoms with Crippen molar-refractivity contribution in [3.8, 4) is 16.9 Å². The minimum Gasteiger partial charge on any atom is -0.490 e. The second-order valence-electron chi connectivity index (χ2n) is 5.59. The number of carboxylic acids is 1. The van der Waals surface area contributed by atoms with Crippen molar-refractivity contribution in [1.29, 1.82) is 0 Å². The van der Waals surface area contributed by atoms with E-state index in [-0.39, 0.29) is 6.10 Å². The summed E-state index contributed by atoms with van der Waals surface area (Å²) in [5, 5.41) is 9.30. The van der Waals surface area contributed by atoms with Crippen molar-refractivity contribution >= 4 is 5.97 Å². The van der Waals surface area contributed by atoms with Crippen molar-refractivity contribution in [1.82, 2.24) is 0 Å². The number of para-hydroxylation sites is 1. The lowest BCUT2D eigenvalue weighted by Crippen LogP contribution is -2.07. The van der Waals surface area contributed by atoms with Gasteiger partial charge in [0.2, 0.25) is 0 Å². The Morgan fingerprint density at radius 3 is 2.55 bits per heavy atom. The molecule has 116 valence electrons. The van der Waals surface area contributed by atoms with Gasteiger partial charge in [0.1, 0.15) is 5.75 Å². The Morgan fingerprint density at radius 2 is 1.91 bits per heavy atom. The lowest BCUT2D eigenvalue weighted by Gasteiger charge is -2.15. The van der Waals surface area contributed by atoms with Crippen LogP contribution in [0.5, 0.6) is 5.75 Å². The lowest BCUT2D eigenvalue weighted by atomic mass is 9.96. The Bertz CT molecular complexity index is 659. The van der Waals surface area contributed by atoms with E-state index in [4.69, 9.17) is 4.74 Å². The monoisotopic (exact) mass is 298 g/mol. The fourth-order valence-electron chi connectivity index (χ4n) is 2.51. The zero-order valence-electron chi connectivity index (χ0n) is 13.3. The first-order valence-corrected chi connectivity index (χ1v) is 7.65. The van der Waals surface area contributed by atoms with Crippen molar-refractivity contribution in [3.05, 3.63) is 53.6 Å². The Kier molecular flexibility index (Phi) is 5.21. The summed E-state index contributed by atoms with van der Waals surface area (Å²) in [6, 6.07) is 13.4. The summed E-state index contributed by atoms with van der Waals surface area (Å²) in [5.41, 5.74) is 3.23. The largest absolute Gasteiger partial charge is 0.490 e. The molecule has 22 heavy (non-hydrogen) atoms. The lowest BCUT2D eigenvalue weighted by molar-refractivity contribution is 0.0695. The van der Waals surface area contributed by atoms with Gasteiger partial charge in [-0.1, -0.05) is 43.7 Å². The predicted octanol–water partition coefficient (Wildman–Crippen LogP) is 4.79. The molecule has 0 saturated carbocycles. The first-order chi connectivity index (χ1) is 10.5. The average Bonchev–Trinajstić information content (AvgIpc) is 2.47. The fraction of sp³-hybridized carbons (Fsp3) is 0.316. The van der Waals surface area contributed by atoms with Crippen molar-refractivity contribution < 1.29 is 14.6 Å². The van der Waals surface area contributed by atoms with Crippen LogP contribution in [0, 0.1) is 0 Å². The van der Waals surface area contributed by atoms with Crippen LogP contribution in [-0.4, -0.2) is 17.2 Å². The maximum atomic E-state index is 11.3. The zero-order valence-corrected chi connectivity index (χ0v) is 13.3. The molecule has 0 aromatic heterocycles. The highest BCUT2D eigenvalue weighted by Gasteiger charge is 2.13. The van der Waals surface area contributed by atoms with Crippen molar-refractivity contribution in [2.24, 2.45) is 0 Å². The SMILES string of the molecule is CCCc1cc(-c2ccccc2OC(C)C)ccc1C(=O)O. The second kappa shape index (κ2) is 7.12. The molecule has 0 aliphatic rings. The van der Waals surface area contributed by atoms with Crippen LogP contribution >= 0.6 is 0 Å². The van der Waals surface area contributed by atoms with Crippen LogP contribution < -0.4 is 4.74 Å². The summed E-state index contributed by atoms with van der Waals surface area (Å²) >= 11 is 0. The van der Waals surface area contributed by atoms with E-state index in [2.05, 4.69) is 0 Å². The highest BCUT2D eigenvalue weighted by Crippen LogP contribution is 2.32. The van der Waals surface area contributed by atoms with Crippen molar-refractivity contribution in [2.75, 3.05) is 0 Å². The zero-order chi connectivity index (χ0) is 16.1. The quantitative estimate of drug-likeness (QED) is 0.834. The highest BCUT2D eigenvalue weighted by atomic mass is 16.5.